The van der Waals surface area contributed by atoms with Gasteiger partial charge in [0.1, 0.15) is 0 Å². The summed E-state index contributed by atoms with van der Waals surface area (Å²) >= 11 is 5.45. The molecule has 0 spiro atoms. The Morgan fingerprint density at radius 1 is 1.40 bits per heavy atom. The Hall–Kier alpha value is 0.210. The third-order valence-corrected chi connectivity index (χ3v) is 1.49. The van der Waals surface area contributed by atoms with Crippen LogP contribution in [0.5, 0.6) is 0 Å². The highest BCUT2D eigenvalue weighted by molar-refractivity contribution is 6.17. The fourth-order valence-electron chi connectivity index (χ4n) is 0.431. The summed E-state index contributed by atoms with van der Waals surface area (Å²) in [7, 11) is 1.63. The molecule has 10 heavy (non-hydrogen) atoms. The van der Waals surface area contributed by atoms with Gasteiger partial charge in [0.2, 0.25) is 0 Å². The number of hydrogen-bond donors (Lipinski definition) is 0. The molecule has 0 amide bonds. The Morgan fingerprint density at radius 3 is 2.40 bits per heavy atom. The van der Waals surface area contributed by atoms with Crippen molar-refractivity contribution >= 4 is 11.6 Å². The van der Waals surface area contributed by atoms with E-state index in [-0.39, 0.29) is 0 Å². The van der Waals surface area contributed by atoms with E-state index in [2.05, 4.69) is 0 Å². The maximum atomic E-state index is 5.45. The van der Waals surface area contributed by atoms with Gasteiger partial charge in [0.25, 0.3) is 0 Å². The first-order valence-corrected chi connectivity index (χ1v) is 3.91. The number of ether oxygens (including phenoxy) is 2. The van der Waals surface area contributed by atoms with E-state index in [1.54, 1.807) is 7.11 Å². The molecular formula is C7H15ClO2. The van der Waals surface area contributed by atoms with Crippen molar-refractivity contribution in [2.45, 2.75) is 26.1 Å². The highest BCUT2D eigenvalue weighted by Gasteiger charge is 2.15. The van der Waals surface area contributed by atoms with Gasteiger partial charge in [0, 0.05) is 13.0 Å². The molecule has 0 fully saturated rings. The fraction of sp³-hybridized carbons (Fsp3) is 1.00. The zero-order valence-corrected chi connectivity index (χ0v) is 7.57. The first kappa shape index (κ1) is 10.2. The third kappa shape index (κ3) is 5.03. The summed E-state index contributed by atoms with van der Waals surface area (Å²) in [5.41, 5.74) is 0. The van der Waals surface area contributed by atoms with Crippen LogP contribution in [0.4, 0.5) is 0 Å². The highest BCUT2D eigenvalue weighted by Crippen LogP contribution is 2.09. The maximum absolute atomic E-state index is 5.45. The Balaban J connectivity index is 3.28. The number of halogens is 1. The van der Waals surface area contributed by atoms with Crippen LogP contribution in [0.1, 0.15) is 20.3 Å². The molecule has 0 saturated heterocycles. The van der Waals surface area contributed by atoms with Crippen LogP contribution in [-0.2, 0) is 9.47 Å². The Bertz CT molecular complexity index is 83.7. The van der Waals surface area contributed by atoms with Crippen molar-refractivity contribution in [2.24, 2.45) is 0 Å². The summed E-state index contributed by atoms with van der Waals surface area (Å²) in [5, 5.41) is 0. The Morgan fingerprint density at radius 2 is 2.00 bits per heavy atom. The average Bonchev–Trinajstić information content (AvgIpc) is 1.89. The van der Waals surface area contributed by atoms with Gasteiger partial charge in [-0.2, -0.15) is 0 Å². The summed E-state index contributed by atoms with van der Waals surface area (Å²) < 4.78 is 10.3. The zero-order chi connectivity index (χ0) is 8.04. The molecule has 0 heterocycles. The highest BCUT2D eigenvalue weighted by atomic mass is 35.5. The largest absolute Gasteiger partial charge is 0.354 e. The molecule has 62 valence electrons. The lowest BCUT2D eigenvalue weighted by Gasteiger charge is -2.22. The van der Waals surface area contributed by atoms with Crippen molar-refractivity contribution in [3.05, 3.63) is 0 Å². The van der Waals surface area contributed by atoms with Crippen LogP contribution in [0.3, 0.4) is 0 Å². The van der Waals surface area contributed by atoms with Crippen LogP contribution < -0.4 is 0 Å². The summed E-state index contributed by atoms with van der Waals surface area (Å²) in [4.78, 5) is 0. The number of alkyl halides is 1. The Labute approximate surface area is 67.5 Å². The first-order chi connectivity index (χ1) is 4.62. The average molecular weight is 167 g/mol. The molecule has 0 aliphatic rings. The van der Waals surface area contributed by atoms with Gasteiger partial charge in [0.15, 0.2) is 5.79 Å². The molecule has 2 nitrogen and oxygen atoms in total. The van der Waals surface area contributed by atoms with Crippen molar-refractivity contribution in [1.82, 2.24) is 0 Å². The summed E-state index contributed by atoms with van der Waals surface area (Å²) in [6.45, 7) is 4.41. The van der Waals surface area contributed by atoms with Crippen LogP contribution in [0.25, 0.3) is 0 Å². The smallest absolute Gasteiger partial charge is 0.162 e. The van der Waals surface area contributed by atoms with Gasteiger partial charge in [-0.25, -0.2) is 0 Å². The molecule has 0 saturated carbocycles. The standard InChI is InChI=1S/C7H15ClO2/c1-7(2,9-3)10-6-4-5-8/h4-6H2,1-3H3. The van der Waals surface area contributed by atoms with E-state index in [1.165, 1.54) is 0 Å². The van der Waals surface area contributed by atoms with Crippen LogP contribution in [-0.4, -0.2) is 25.4 Å². The molecule has 0 rings (SSSR count). The minimum atomic E-state index is -0.466. The molecule has 0 aliphatic carbocycles. The van der Waals surface area contributed by atoms with Gasteiger partial charge < -0.3 is 9.47 Å². The predicted molar refractivity (Wildman–Crippen MR) is 42.4 cm³/mol. The molecule has 0 N–H and O–H groups in total. The molecule has 0 unspecified atom stereocenters. The molecule has 0 aromatic carbocycles. The van der Waals surface area contributed by atoms with Gasteiger partial charge in [-0.1, -0.05) is 0 Å². The number of hydrogen-bond acceptors (Lipinski definition) is 2. The van der Waals surface area contributed by atoms with E-state index >= 15 is 0 Å². The van der Waals surface area contributed by atoms with Crippen molar-refractivity contribution < 1.29 is 9.47 Å². The topological polar surface area (TPSA) is 18.5 Å². The summed E-state index contributed by atoms with van der Waals surface area (Å²) in [6.07, 6.45) is 0.869. The lowest BCUT2D eigenvalue weighted by atomic mass is 10.4. The van der Waals surface area contributed by atoms with Crippen LogP contribution in [0.15, 0.2) is 0 Å². The van der Waals surface area contributed by atoms with Gasteiger partial charge >= 0.3 is 0 Å². The molecular weight excluding hydrogens is 152 g/mol. The molecule has 0 bridgehead atoms. The monoisotopic (exact) mass is 166 g/mol. The van der Waals surface area contributed by atoms with Crippen molar-refractivity contribution in [2.75, 3.05) is 19.6 Å². The van der Waals surface area contributed by atoms with E-state index in [1.807, 2.05) is 13.8 Å². The number of methoxy groups -OCH3 is 1. The molecule has 0 atom stereocenters. The quantitative estimate of drug-likeness (QED) is 0.354. The van der Waals surface area contributed by atoms with E-state index in [0.717, 1.165) is 6.42 Å². The molecule has 3 heteroatoms. The molecule has 0 aliphatic heterocycles. The summed E-state index contributed by atoms with van der Waals surface area (Å²) in [5.74, 6) is 0.172. The zero-order valence-electron chi connectivity index (χ0n) is 6.82. The second kappa shape index (κ2) is 4.94. The van der Waals surface area contributed by atoms with Gasteiger partial charge in [-0.3, -0.25) is 0 Å². The predicted octanol–water partition coefficient (Wildman–Crippen LogP) is 2.01. The fourth-order valence-corrected chi connectivity index (χ4v) is 0.541. The van der Waals surface area contributed by atoms with E-state index < -0.39 is 5.79 Å². The van der Waals surface area contributed by atoms with E-state index in [9.17, 15) is 0 Å². The minimum Gasteiger partial charge on any atom is -0.354 e. The van der Waals surface area contributed by atoms with Crippen molar-refractivity contribution in [3.8, 4) is 0 Å². The maximum Gasteiger partial charge on any atom is 0.162 e. The number of rotatable bonds is 5. The van der Waals surface area contributed by atoms with Crippen LogP contribution in [0, 0.1) is 0 Å². The minimum absolute atomic E-state index is 0.466. The van der Waals surface area contributed by atoms with Crippen molar-refractivity contribution in [1.29, 1.82) is 0 Å². The van der Waals surface area contributed by atoms with Crippen molar-refractivity contribution in [3.63, 3.8) is 0 Å². The van der Waals surface area contributed by atoms with E-state index in [0.29, 0.717) is 12.5 Å². The van der Waals surface area contributed by atoms with E-state index in [4.69, 9.17) is 21.1 Å². The molecule has 0 aromatic rings. The lowest BCUT2D eigenvalue weighted by Crippen LogP contribution is -2.27. The SMILES string of the molecule is COC(C)(C)OCCCCl. The van der Waals surface area contributed by atoms with Gasteiger partial charge in [-0.15, -0.1) is 11.6 Å². The van der Waals surface area contributed by atoms with Gasteiger partial charge in [-0.05, 0) is 20.3 Å². The second-order valence-electron chi connectivity index (χ2n) is 2.49. The molecule has 0 aromatic heterocycles. The molecule has 0 radical (unpaired) electrons. The third-order valence-electron chi connectivity index (χ3n) is 1.22. The van der Waals surface area contributed by atoms with Gasteiger partial charge in [0.05, 0.1) is 6.61 Å². The van der Waals surface area contributed by atoms with Crippen LogP contribution >= 0.6 is 11.6 Å². The second-order valence-corrected chi connectivity index (χ2v) is 2.87. The lowest BCUT2D eigenvalue weighted by molar-refractivity contribution is -0.196. The van der Waals surface area contributed by atoms with Crippen LogP contribution in [0.2, 0.25) is 0 Å². The Kier molecular flexibility index (Phi) is 5.04. The summed E-state index contributed by atoms with van der Waals surface area (Å²) in [6, 6.07) is 0. The normalized spacial score (nSPS) is 12.0. The first-order valence-electron chi connectivity index (χ1n) is 3.37.